The molecule has 0 radical (unpaired) electrons. The van der Waals surface area contributed by atoms with Crippen LogP contribution in [0.4, 0.5) is 5.69 Å². The van der Waals surface area contributed by atoms with Crippen LogP contribution in [0.1, 0.15) is 42.7 Å². The van der Waals surface area contributed by atoms with Crippen molar-refractivity contribution in [3.8, 4) is 0 Å². The minimum absolute atomic E-state index is 0.180. The number of thiocarbonyl (C=S) groups is 1. The first-order valence-electron chi connectivity index (χ1n) is 10.2. The fourth-order valence-electron chi connectivity index (χ4n) is 3.22. The van der Waals surface area contributed by atoms with Gasteiger partial charge in [-0.2, -0.15) is 0 Å². The predicted molar refractivity (Wildman–Crippen MR) is 126 cm³/mol. The van der Waals surface area contributed by atoms with E-state index in [1.807, 2.05) is 70.3 Å². The summed E-state index contributed by atoms with van der Waals surface area (Å²) in [5.41, 5.74) is 3.38. The molecular weight excluding hydrogens is 410 g/mol. The van der Waals surface area contributed by atoms with Crippen molar-refractivity contribution >= 4 is 34.9 Å². The molecule has 7 heteroatoms. The van der Waals surface area contributed by atoms with E-state index in [0.717, 1.165) is 11.3 Å². The van der Waals surface area contributed by atoms with E-state index >= 15 is 0 Å². The molecule has 0 aliphatic carbocycles. The van der Waals surface area contributed by atoms with Crippen LogP contribution >= 0.6 is 12.2 Å². The van der Waals surface area contributed by atoms with Crippen LogP contribution in [-0.2, 0) is 9.53 Å². The fraction of sp³-hybridized carbons (Fsp3) is 0.292. The van der Waals surface area contributed by atoms with Gasteiger partial charge in [0.25, 0.3) is 5.91 Å². The van der Waals surface area contributed by atoms with Crippen molar-refractivity contribution in [1.29, 1.82) is 0 Å². The average Bonchev–Trinajstić information content (AvgIpc) is 2.76. The molecule has 2 aromatic carbocycles. The Bertz CT molecular complexity index is 1000. The maximum Gasteiger partial charge on any atom is 0.338 e. The summed E-state index contributed by atoms with van der Waals surface area (Å²) in [4.78, 5) is 27.0. The van der Waals surface area contributed by atoms with Gasteiger partial charge >= 0.3 is 5.97 Å². The van der Waals surface area contributed by atoms with E-state index in [2.05, 4.69) is 10.6 Å². The minimum Gasteiger partial charge on any atom is -0.462 e. The van der Waals surface area contributed by atoms with Gasteiger partial charge < -0.3 is 20.3 Å². The van der Waals surface area contributed by atoms with Crippen molar-refractivity contribution in [3.05, 3.63) is 77.0 Å². The van der Waals surface area contributed by atoms with E-state index in [4.69, 9.17) is 17.0 Å². The summed E-state index contributed by atoms with van der Waals surface area (Å²) in [6.07, 6.45) is 0. The largest absolute Gasteiger partial charge is 0.462 e. The van der Waals surface area contributed by atoms with E-state index in [-0.39, 0.29) is 17.8 Å². The molecule has 1 heterocycles. The van der Waals surface area contributed by atoms with Gasteiger partial charge in [-0.15, -0.1) is 0 Å². The average molecular weight is 438 g/mol. The second-order valence-corrected chi connectivity index (χ2v) is 8.26. The first kappa shape index (κ1) is 22.5. The SMILES string of the molecule is CC1=C(C(=O)OCC(C)C)C(c2ccc(NC(=O)c3ccccc3)cc2)NC(=S)N1C. The Morgan fingerprint density at radius 2 is 1.77 bits per heavy atom. The van der Waals surface area contributed by atoms with Gasteiger partial charge in [-0.05, 0) is 54.9 Å². The number of nitrogens with one attached hydrogen (secondary N) is 2. The number of rotatable bonds is 6. The molecule has 31 heavy (non-hydrogen) atoms. The number of ether oxygens (including phenoxy) is 1. The number of benzene rings is 2. The molecule has 2 N–H and O–H groups in total. The summed E-state index contributed by atoms with van der Waals surface area (Å²) in [7, 11) is 1.82. The van der Waals surface area contributed by atoms with Crippen LogP contribution in [-0.4, -0.2) is 35.5 Å². The lowest BCUT2D eigenvalue weighted by atomic mass is 9.95. The molecule has 2 aromatic rings. The lowest BCUT2D eigenvalue weighted by molar-refractivity contribution is -0.140. The highest BCUT2D eigenvalue weighted by atomic mass is 32.1. The lowest BCUT2D eigenvalue weighted by Gasteiger charge is -2.35. The molecule has 0 saturated heterocycles. The molecule has 1 aliphatic heterocycles. The summed E-state index contributed by atoms with van der Waals surface area (Å²) in [5.74, 6) is -0.300. The second kappa shape index (κ2) is 9.75. The number of anilines is 1. The van der Waals surface area contributed by atoms with Gasteiger partial charge in [0, 0.05) is 24.0 Å². The Labute approximate surface area is 188 Å². The molecule has 0 bridgehead atoms. The highest BCUT2D eigenvalue weighted by Crippen LogP contribution is 2.31. The molecular formula is C24H27N3O3S. The van der Waals surface area contributed by atoms with Gasteiger partial charge in [0.15, 0.2) is 5.11 Å². The smallest absolute Gasteiger partial charge is 0.338 e. The van der Waals surface area contributed by atoms with Crippen molar-refractivity contribution < 1.29 is 14.3 Å². The molecule has 1 unspecified atom stereocenters. The number of esters is 1. The van der Waals surface area contributed by atoms with Gasteiger partial charge in [-0.1, -0.05) is 44.2 Å². The Balaban J connectivity index is 1.83. The highest BCUT2D eigenvalue weighted by Gasteiger charge is 2.33. The van der Waals surface area contributed by atoms with Gasteiger partial charge in [0.2, 0.25) is 0 Å². The van der Waals surface area contributed by atoms with E-state index in [0.29, 0.717) is 28.5 Å². The number of amides is 1. The standard InChI is InChI=1S/C24H27N3O3S/c1-15(2)14-30-23(29)20-16(3)27(4)24(31)26-21(20)17-10-12-19(13-11-17)25-22(28)18-8-6-5-7-9-18/h5-13,15,21H,14H2,1-4H3,(H,25,28)(H,26,31). The molecule has 1 amide bonds. The van der Waals surface area contributed by atoms with Crippen molar-refractivity contribution in [2.45, 2.75) is 26.8 Å². The van der Waals surface area contributed by atoms with E-state index in [1.54, 1.807) is 17.0 Å². The summed E-state index contributed by atoms with van der Waals surface area (Å²) in [6.45, 7) is 6.20. The highest BCUT2D eigenvalue weighted by molar-refractivity contribution is 7.80. The van der Waals surface area contributed by atoms with Gasteiger partial charge in [-0.3, -0.25) is 4.79 Å². The Kier molecular flexibility index (Phi) is 7.07. The van der Waals surface area contributed by atoms with Crippen molar-refractivity contribution in [3.63, 3.8) is 0 Å². The van der Waals surface area contributed by atoms with E-state index in [1.165, 1.54) is 0 Å². The van der Waals surface area contributed by atoms with Gasteiger partial charge in [0.05, 0.1) is 18.2 Å². The quantitative estimate of drug-likeness (QED) is 0.519. The van der Waals surface area contributed by atoms with E-state index < -0.39 is 6.04 Å². The number of carbonyl (C=O) groups excluding carboxylic acids is 2. The molecule has 0 fully saturated rings. The summed E-state index contributed by atoms with van der Waals surface area (Å²) < 4.78 is 5.51. The second-order valence-electron chi connectivity index (χ2n) is 7.88. The number of hydrogen-bond donors (Lipinski definition) is 2. The Hall–Kier alpha value is -3.19. The summed E-state index contributed by atoms with van der Waals surface area (Å²) >= 11 is 5.44. The van der Waals surface area contributed by atoms with Crippen LogP contribution in [0.2, 0.25) is 0 Å². The maximum absolute atomic E-state index is 12.9. The number of allylic oxidation sites excluding steroid dienone is 1. The Morgan fingerprint density at radius 1 is 1.13 bits per heavy atom. The third-order valence-corrected chi connectivity index (χ3v) is 5.45. The summed E-state index contributed by atoms with van der Waals surface area (Å²) in [6, 6.07) is 16.0. The summed E-state index contributed by atoms with van der Waals surface area (Å²) in [5, 5.41) is 6.64. The normalized spacial score (nSPS) is 16.2. The van der Waals surface area contributed by atoms with Crippen molar-refractivity contribution in [2.75, 3.05) is 19.0 Å². The van der Waals surface area contributed by atoms with Crippen molar-refractivity contribution in [1.82, 2.24) is 10.2 Å². The number of hydrogen-bond acceptors (Lipinski definition) is 4. The van der Waals surface area contributed by atoms with Crippen molar-refractivity contribution in [2.24, 2.45) is 5.92 Å². The molecule has 1 atom stereocenters. The molecule has 6 nitrogen and oxygen atoms in total. The molecule has 3 rings (SSSR count). The number of carbonyl (C=O) groups is 2. The van der Waals surface area contributed by atoms with Gasteiger partial charge in [0.1, 0.15) is 0 Å². The fourth-order valence-corrected chi connectivity index (χ4v) is 3.48. The zero-order chi connectivity index (χ0) is 22.5. The lowest BCUT2D eigenvalue weighted by Crippen LogP contribution is -2.46. The first-order valence-corrected chi connectivity index (χ1v) is 10.6. The minimum atomic E-state index is -0.428. The van der Waals surface area contributed by atoms with Crippen LogP contribution in [0.25, 0.3) is 0 Å². The molecule has 162 valence electrons. The van der Waals surface area contributed by atoms with Crippen LogP contribution in [0, 0.1) is 5.92 Å². The zero-order valence-electron chi connectivity index (χ0n) is 18.1. The Morgan fingerprint density at radius 3 is 2.39 bits per heavy atom. The van der Waals surface area contributed by atoms with Crippen LogP contribution in [0.15, 0.2) is 65.9 Å². The molecule has 0 spiro atoms. The van der Waals surface area contributed by atoms with Crippen LogP contribution in [0.3, 0.4) is 0 Å². The monoisotopic (exact) mass is 437 g/mol. The van der Waals surface area contributed by atoms with E-state index in [9.17, 15) is 9.59 Å². The van der Waals surface area contributed by atoms with Crippen LogP contribution < -0.4 is 10.6 Å². The molecule has 0 aromatic heterocycles. The topological polar surface area (TPSA) is 70.7 Å². The predicted octanol–water partition coefficient (Wildman–Crippen LogP) is 4.27. The molecule has 1 aliphatic rings. The van der Waals surface area contributed by atoms with Crippen LogP contribution in [0.5, 0.6) is 0 Å². The first-order chi connectivity index (χ1) is 14.8. The molecule has 0 saturated carbocycles. The third kappa shape index (κ3) is 5.30. The number of nitrogens with zero attached hydrogens (tertiary/aromatic N) is 1. The van der Waals surface area contributed by atoms with Gasteiger partial charge in [-0.25, -0.2) is 4.79 Å². The maximum atomic E-state index is 12.9. The zero-order valence-corrected chi connectivity index (χ0v) is 19.0. The third-order valence-electron chi connectivity index (χ3n) is 5.06.